The number of hydrogen-bond acceptors (Lipinski definition) is 6. The number of halogens is 3. The molecule has 0 spiro atoms. The third-order valence-electron chi connectivity index (χ3n) is 0. The van der Waals surface area contributed by atoms with Crippen LogP contribution in [0.4, 0.5) is 7.88 Å². The summed E-state index contributed by atoms with van der Waals surface area (Å²) in [5, 5.41) is 0. The third-order valence-corrected chi connectivity index (χ3v) is 0. The van der Waals surface area contributed by atoms with Crippen LogP contribution in [0.1, 0.15) is 0 Å². The van der Waals surface area contributed by atoms with Gasteiger partial charge in [-0.05, 0) is 0 Å². The molecule has 13 heteroatoms. The van der Waals surface area contributed by atoms with Crippen molar-refractivity contribution in [1.82, 2.24) is 0 Å². The summed E-state index contributed by atoms with van der Waals surface area (Å²) in [6.07, 6.45) is 0. The Balaban J connectivity index is -0.0000000450. The minimum Gasteiger partial charge on any atom is 3.00 e. The Morgan fingerprint density at radius 3 is 0.692 bits per heavy atom. The van der Waals surface area contributed by atoms with Crippen LogP contribution in [0.3, 0.4) is 0 Å². The van der Waals surface area contributed by atoms with Crippen LogP contribution in [-0.2, 0) is 76.9 Å². The minimum absolute atomic E-state index is 0. The van der Waals surface area contributed by atoms with Crippen LogP contribution >= 0.6 is 0 Å². The Kier molecular flexibility index (Phi) is 39.1. The Labute approximate surface area is 128 Å². The summed E-state index contributed by atoms with van der Waals surface area (Å²) in [7, 11) is 0. The number of hydrogen-bond donors (Lipinski definition) is 0. The first-order chi connectivity index (χ1) is 5.20. The first-order valence-corrected chi connectivity index (χ1v) is 10.6. The van der Waals surface area contributed by atoms with E-state index in [9.17, 15) is 7.88 Å². The second-order valence-corrected chi connectivity index (χ2v) is 4.22. The van der Waals surface area contributed by atoms with Crippen molar-refractivity contribution in [2.75, 3.05) is 0 Å². The van der Waals surface area contributed by atoms with Gasteiger partial charge in [-0.15, -0.1) is 0 Å². The predicted molar refractivity (Wildman–Crippen MR) is 5.38 cm³/mol. The molecule has 0 bridgehead atoms. The molecule has 0 aliphatic carbocycles. The van der Waals surface area contributed by atoms with Crippen LogP contribution in [0.15, 0.2) is 0 Å². The minimum atomic E-state index is -4.54. The molecule has 0 rings (SSSR count). The van der Waals surface area contributed by atoms with Gasteiger partial charge in [-0.25, -0.2) is 0 Å². The summed E-state index contributed by atoms with van der Waals surface area (Å²) in [6.45, 7) is 0. The maximum Gasteiger partial charge on any atom is 3.00 e. The molecule has 0 N–H and O–H groups in total. The molecule has 82 valence electrons. The zero-order valence-corrected chi connectivity index (χ0v) is 14.5. The van der Waals surface area contributed by atoms with Gasteiger partial charge in [0.05, 0.1) is 0 Å². The monoisotopic (exact) mass is 592 g/mol. The fraction of sp³-hybridized carbons (Fsp3) is 0. The van der Waals surface area contributed by atoms with Gasteiger partial charge in [0.1, 0.15) is 0 Å². The summed E-state index contributed by atoms with van der Waals surface area (Å²) in [6, 6.07) is 0. The van der Waals surface area contributed by atoms with Crippen LogP contribution < -0.4 is 9.55 Å². The molecule has 0 aromatic carbocycles. The first-order valence-electron chi connectivity index (χ1n) is 1.79. The predicted octanol–water partition coefficient (Wildman–Crippen LogP) is -2.67. The molecule has 0 aliphatic rings. The van der Waals surface area contributed by atoms with E-state index in [4.69, 9.17) is 18.0 Å². The second kappa shape index (κ2) is 20.4. The Morgan fingerprint density at radius 1 is 0.692 bits per heavy atom. The van der Waals surface area contributed by atoms with Crippen molar-refractivity contribution >= 4 is 0 Å². The topological polar surface area (TPSA) is 120 Å². The average molecular weight is 596 g/mol. The molecule has 0 aliphatic heterocycles. The van der Waals surface area contributed by atoms with E-state index in [1.807, 2.05) is 0 Å². The molecule has 0 saturated heterocycles. The van der Waals surface area contributed by atoms with Gasteiger partial charge in [-0.2, -0.15) is 0 Å². The molecule has 0 aromatic heterocycles. The standard InChI is InChI=1S/3FH.6O.Tm.3Zr/h3*1H;;;;;;;;;;/q;;;;;;3*-1;+3;3*+1/p-3. The number of rotatable bonds is 0. The van der Waals surface area contributed by atoms with Crippen LogP contribution in [0.5, 0.6) is 0 Å². The fourth-order valence-corrected chi connectivity index (χ4v) is 0. The fourth-order valence-electron chi connectivity index (χ4n) is 0. The molecule has 0 aromatic rings. The molecule has 0 atom stereocenters. The van der Waals surface area contributed by atoms with E-state index >= 15 is 0 Å². The van der Waals surface area contributed by atoms with Gasteiger partial charge in [0.2, 0.25) is 0 Å². The van der Waals surface area contributed by atoms with E-state index in [2.05, 4.69) is 0 Å². The van der Waals surface area contributed by atoms with E-state index in [1.165, 1.54) is 0 Å². The van der Waals surface area contributed by atoms with Crippen molar-refractivity contribution in [2.45, 2.75) is 0 Å². The van der Waals surface area contributed by atoms with E-state index in [1.54, 1.807) is 0 Å². The summed E-state index contributed by atoms with van der Waals surface area (Å²) in [5.74, 6) is 0. The molecule has 13 heavy (non-hydrogen) atoms. The molecular weight excluding hydrogens is 596 g/mol. The molecule has 0 amide bonds. The van der Waals surface area contributed by atoms with Gasteiger partial charge < -0.3 is 0 Å². The van der Waals surface area contributed by atoms with Crippen molar-refractivity contribution < 1.29 is 131 Å². The van der Waals surface area contributed by atoms with E-state index in [0.29, 0.717) is 0 Å². The van der Waals surface area contributed by atoms with Crippen LogP contribution in [0.2, 0.25) is 0 Å². The first kappa shape index (κ1) is 25.0. The van der Waals surface area contributed by atoms with Gasteiger partial charge in [0.25, 0.3) is 0 Å². The van der Waals surface area contributed by atoms with Gasteiger partial charge in [-0.1, -0.05) is 0 Å². The normalized spacial score (nSPS) is 6.00. The van der Waals surface area contributed by atoms with Crippen LogP contribution in [0, 0.1) is 36.9 Å². The third kappa shape index (κ3) is 288. The van der Waals surface area contributed by atoms with Crippen molar-refractivity contribution in [3.63, 3.8) is 0 Å². The molecule has 0 saturated carbocycles. The summed E-state index contributed by atoms with van der Waals surface area (Å²) >= 11 is -13.6. The maximum absolute atomic E-state index is 10.1. The zero-order valence-electron chi connectivity index (χ0n) is 5.36. The van der Waals surface area contributed by atoms with Crippen molar-refractivity contribution in [3.05, 3.63) is 0 Å². The molecular formula is F3O6TmZr3. The summed E-state index contributed by atoms with van der Waals surface area (Å²) < 4.78 is 81.3. The molecule has 0 unspecified atom stereocenters. The summed E-state index contributed by atoms with van der Waals surface area (Å²) in [4.78, 5) is 0. The SMILES string of the molecule is [O]=[Zr]([O-])[F].[O]=[Zr]([O-])[F].[O]=[Zr]([O-])[F].[Tm+3]. The van der Waals surface area contributed by atoms with Gasteiger partial charge in [0, 0.05) is 0 Å². The largest absolute Gasteiger partial charge is 3.00 e. The zero-order chi connectivity index (χ0) is 10.7. The molecule has 0 fully saturated rings. The molecule has 0 radical (unpaired) electrons. The van der Waals surface area contributed by atoms with Crippen LogP contribution in [0.25, 0.3) is 0 Å². The Bertz CT molecular complexity index is 121. The van der Waals surface area contributed by atoms with Crippen molar-refractivity contribution in [3.8, 4) is 0 Å². The van der Waals surface area contributed by atoms with Crippen molar-refractivity contribution in [2.24, 2.45) is 0 Å². The maximum atomic E-state index is 10.1. The van der Waals surface area contributed by atoms with E-state index < -0.39 is 68.4 Å². The van der Waals surface area contributed by atoms with Gasteiger partial charge in [0.15, 0.2) is 0 Å². The average Bonchev–Trinajstić information content (AvgIpc) is 1.54. The van der Waals surface area contributed by atoms with E-state index in [-0.39, 0.29) is 36.9 Å². The van der Waals surface area contributed by atoms with Gasteiger partial charge >= 0.3 is 131 Å². The van der Waals surface area contributed by atoms with Crippen LogP contribution in [-0.4, -0.2) is 0 Å². The van der Waals surface area contributed by atoms with Crippen molar-refractivity contribution in [1.29, 1.82) is 0 Å². The quantitative estimate of drug-likeness (QED) is 0.302. The Hall–Kier alpha value is 2.95. The molecule has 0 heterocycles. The second-order valence-electron chi connectivity index (χ2n) is 0.713. The Morgan fingerprint density at radius 2 is 0.692 bits per heavy atom. The smallest absolute Gasteiger partial charge is 3.00 e. The summed E-state index contributed by atoms with van der Waals surface area (Å²) in [5.41, 5.74) is 0. The van der Waals surface area contributed by atoms with Gasteiger partial charge in [-0.3, -0.25) is 0 Å². The van der Waals surface area contributed by atoms with E-state index in [0.717, 1.165) is 0 Å². The molecule has 6 nitrogen and oxygen atoms in total.